The zero-order valence-corrected chi connectivity index (χ0v) is 12.4. The second-order valence-corrected chi connectivity index (χ2v) is 4.70. The molecule has 2 aromatic rings. The van der Waals surface area contributed by atoms with Gasteiger partial charge in [0.25, 0.3) is 0 Å². The van der Waals surface area contributed by atoms with Gasteiger partial charge < -0.3 is 19.4 Å². The topological polar surface area (TPSA) is 48.3 Å². The third kappa shape index (κ3) is 3.65. The average Bonchev–Trinajstić information content (AvgIpc) is 2.94. The lowest BCUT2D eigenvalue weighted by atomic mass is 10.2. The van der Waals surface area contributed by atoms with Crippen LogP contribution in [0.25, 0.3) is 0 Å². The number of hydrogen-bond donors (Lipinski definition) is 1. The van der Waals surface area contributed by atoms with Gasteiger partial charge in [-0.3, -0.25) is 0 Å². The molecule has 0 atom stereocenters. The van der Waals surface area contributed by atoms with Crippen molar-refractivity contribution in [3.8, 4) is 11.5 Å². The van der Waals surface area contributed by atoms with E-state index in [1.807, 2.05) is 29.9 Å². The van der Waals surface area contributed by atoms with Crippen molar-refractivity contribution < 1.29 is 9.47 Å². The van der Waals surface area contributed by atoms with E-state index in [2.05, 4.69) is 10.3 Å². The Morgan fingerprint density at radius 3 is 2.90 bits per heavy atom. The minimum atomic E-state index is 0.498. The van der Waals surface area contributed by atoms with E-state index < -0.39 is 0 Å². The number of hydrogen-bond acceptors (Lipinski definition) is 4. The Bertz CT molecular complexity index is 544. The molecule has 0 aliphatic heterocycles. The Hall–Kier alpha value is -1.72. The van der Waals surface area contributed by atoms with Gasteiger partial charge in [-0.2, -0.15) is 0 Å². The van der Waals surface area contributed by atoms with E-state index >= 15 is 0 Å². The third-order valence-electron chi connectivity index (χ3n) is 2.83. The van der Waals surface area contributed by atoms with E-state index in [1.54, 1.807) is 19.6 Å². The van der Waals surface area contributed by atoms with E-state index in [1.165, 1.54) is 0 Å². The summed E-state index contributed by atoms with van der Waals surface area (Å²) in [6.45, 7) is 1.93. The van der Waals surface area contributed by atoms with Gasteiger partial charge in [0.05, 0.1) is 25.0 Å². The van der Waals surface area contributed by atoms with Gasteiger partial charge in [-0.15, -0.1) is 0 Å². The maximum Gasteiger partial charge on any atom is 0.179 e. The summed E-state index contributed by atoms with van der Waals surface area (Å²) < 4.78 is 13.0. The van der Waals surface area contributed by atoms with Crippen LogP contribution in [0.2, 0.25) is 5.02 Å². The van der Waals surface area contributed by atoms with Crippen LogP contribution in [0.5, 0.6) is 11.5 Å². The Labute approximate surface area is 123 Å². The Balaban J connectivity index is 2.06. The minimum Gasteiger partial charge on any atom is -0.493 e. The summed E-state index contributed by atoms with van der Waals surface area (Å²) in [7, 11) is 3.49. The highest BCUT2D eigenvalue weighted by molar-refractivity contribution is 6.32. The number of rotatable bonds is 7. The van der Waals surface area contributed by atoms with Crippen molar-refractivity contribution in [3.05, 3.63) is 41.4 Å². The predicted molar refractivity (Wildman–Crippen MR) is 78.5 cm³/mol. The lowest BCUT2D eigenvalue weighted by molar-refractivity contribution is 0.279. The van der Waals surface area contributed by atoms with E-state index in [4.69, 9.17) is 21.1 Å². The first-order valence-corrected chi connectivity index (χ1v) is 6.72. The number of nitrogens with zero attached hydrogens (tertiary/aromatic N) is 2. The molecule has 0 spiro atoms. The molecular formula is C14H18ClN3O2. The van der Waals surface area contributed by atoms with Crippen molar-refractivity contribution >= 4 is 11.6 Å². The summed E-state index contributed by atoms with van der Waals surface area (Å²) in [5.74, 6) is 1.22. The van der Waals surface area contributed by atoms with Crippen LogP contribution in [-0.4, -0.2) is 30.3 Å². The molecule has 2 rings (SSSR count). The summed E-state index contributed by atoms with van der Waals surface area (Å²) in [5.41, 5.74) is 1.05. The molecule has 0 radical (unpaired) electrons. The van der Waals surface area contributed by atoms with Gasteiger partial charge in [0.15, 0.2) is 11.5 Å². The quantitative estimate of drug-likeness (QED) is 0.852. The second-order valence-electron chi connectivity index (χ2n) is 4.29. The van der Waals surface area contributed by atoms with E-state index in [9.17, 15) is 0 Å². The second kappa shape index (κ2) is 7.17. The SMILES string of the molecule is CNCc1cc(Cl)c(OCCn2ccnc2)c(OC)c1. The molecule has 1 aromatic heterocycles. The highest BCUT2D eigenvalue weighted by Gasteiger charge is 2.11. The van der Waals surface area contributed by atoms with Crippen molar-refractivity contribution in [1.82, 2.24) is 14.9 Å². The molecule has 0 saturated carbocycles. The standard InChI is InChI=1S/C14H18ClN3O2/c1-16-9-11-7-12(15)14(13(8-11)19-2)20-6-5-18-4-3-17-10-18/h3-4,7-8,10,16H,5-6,9H2,1-2H3. The number of aromatic nitrogens is 2. The smallest absolute Gasteiger partial charge is 0.179 e. The molecule has 0 saturated heterocycles. The number of ether oxygens (including phenoxy) is 2. The van der Waals surface area contributed by atoms with Crippen molar-refractivity contribution in [1.29, 1.82) is 0 Å². The molecule has 0 aliphatic carbocycles. The molecule has 0 bridgehead atoms. The highest BCUT2D eigenvalue weighted by Crippen LogP contribution is 2.36. The summed E-state index contributed by atoms with van der Waals surface area (Å²) in [4.78, 5) is 3.98. The first-order chi connectivity index (χ1) is 9.74. The molecule has 108 valence electrons. The van der Waals surface area contributed by atoms with Gasteiger partial charge in [0.2, 0.25) is 0 Å². The van der Waals surface area contributed by atoms with Crippen LogP contribution < -0.4 is 14.8 Å². The lowest BCUT2D eigenvalue weighted by Gasteiger charge is -2.14. The summed E-state index contributed by atoms with van der Waals surface area (Å²) in [5, 5.41) is 3.63. The zero-order valence-electron chi connectivity index (χ0n) is 11.6. The highest BCUT2D eigenvalue weighted by atomic mass is 35.5. The first kappa shape index (κ1) is 14.7. The molecule has 1 heterocycles. The van der Waals surface area contributed by atoms with Gasteiger partial charge in [0, 0.05) is 18.9 Å². The number of halogens is 1. The fourth-order valence-corrected chi connectivity index (χ4v) is 2.18. The molecule has 20 heavy (non-hydrogen) atoms. The van der Waals surface area contributed by atoms with Gasteiger partial charge in [0.1, 0.15) is 6.61 Å². The number of imidazole rings is 1. The molecule has 0 aliphatic rings. The summed E-state index contributed by atoms with van der Waals surface area (Å²) >= 11 is 6.26. The molecular weight excluding hydrogens is 278 g/mol. The summed E-state index contributed by atoms with van der Waals surface area (Å²) in [6.07, 6.45) is 5.37. The molecule has 0 fully saturated rings. The van der Waals surface area contributed by atoms with E-state index in [0.717, 1.165) is 12.1 Å². The van der Waals surface area contributed by atoms with Crippen LogP contribution in [0, 0.1) is 0 Å². The van der Waals surface area contributed by atoms with E-state index in [0.29, 0.717) is 29.7 Å². The fourth-order valence-electron chi connectivity index (χ4n) is 1.89. The number of nitrogens with one attached hydrogen (secondary N) is 1. The van der Waals surface area contributed by atoms with Crippen LogP contribution in [0.3, 0.4) is 0 Å². The largest absolute Gasteiger partial charge is 0.493 e. The molecule has 0 amide bonds. The minimum absolute atomic E-state index is 0.498. The number of benzene rings is 1. The zero-order chi connectivity index (χ0) is 14.4. The van der Waals surface area contributed by atoms with Crippen molar-refractivity contribution in [2.75, 3.05) is 20.8 Å². The Kier molecular flexibility index (Phi) is 5.26. The van der Waals surface area contributed by atoms with Crippen molar-refractivity contribution in [2.45, 2.75) is 13.1 Å². The normalized spacial score (nSPS) is 10.6. The summed E-state index contributed by atoms with van der Waals surface area (Å²) in [6, 6.07) is 3.81. The van der Waals surface area contributed by atoms with E-state index in [-0.39, 0.29) is 0 Å². The Morgan fingerprint density at radius 2 is 2.25 bits per heavy atom. The van der Waals surface area contributed by atoms with Gasteiger partial charge in [-0.05, 0) is 24.7 Å². The fraction of sp³-hybridized carbons (Fsp3) is 0.357. The van der Waals surface area contributed by atoms with Crippen LogP contribution in [-0.2, 0) is 13.1 Å². The first-order valence-electron chi connectivity index (χ1n) is 6.34. The van der Waals surface area contributed by atoms with Crippen LogP contribution in [0.4, 0.5) is 0 Å². The number of methoxy groups -OCH3 is 1. The predicted octanol–water partition coefficient (Wildman–Crippen LogP) is 2.34. The molecule has 1 N–H and O–H groups in total. The van der Waals surface area contributed by atoms with Crippen molar-refractivity contribution in [3.63, 3.8) is 0 Å². The average molecular weight is 296 g/mol. The van der Waals surface area contributed by atoms with Crippen LogP contribution >= 0.6 is 11.6 Å². The molecule has 5 nitrogen and oxygen atoms in total. The lowest BCUT2D eigenvalue weighted by Crippen LogP contribution is -2.09. The van der Waals surface area contributed by atoms with Gasteiger partial charge >= 0.3 is 0 Å². The Morgan fingerprint density at radius 1 is 1.40 bits per heavy atom. The van der Waals surface area contributed by atoms with Crippen LogP contribution in [0.15, 0.2) is 30.9 Å². The molecule has 0 unspecified atom stereocenters. The maximum absolute atomic E-state index is 6.26. The van der Waals surface area contributed by atoms with Gasteiger partial charge in [-0.1, -0.05) is 11.6 Å². The monoisotopic (exact) mass is 295 g/mol. The van der Waals surface area contributed by atoms with Gasteiger partial charge in [-0.25, -0.2) is 4.98 Å². The third-order valence-corrected chi connectivity index (χ3v) is 3.11. The molecule has 6 heteroatoms. The molecule has 1 aromatic carbocycles. The maximum atomic E-state index is 6.26. The van der Waals surface area contributed by atoms with Crippen LogP contribution in [0.1, 0.15) is 5.56 Å². The van der Waals surface area contributed by atoms with Crippen molar-refractivity contribution in [2.24, 2.45) is 0 Å².